The molecule has 0 aromatic carbocycles. The van der Waals surface area contributed by atoms with Gasteiger partial charge in [-0.1, -0.05) is 39.0 Å². The number of carboxylic acid groups (broad SMARTS) is 1. The Morgan fingerprint density at radius 3 is 1.96 bits per heavy atom. The molecule has 1 unspecified atom stereocenters. The summed E-state index contributed by atoms with van der Waals surface area (Å²) in [5, 5.41) is 8.69. The van der Waals surface area contributed by atoms with Gasteiger partial charge in [-0.15, -0.1) is 0 Å². The SMILES string of the molecule is C=CC(C)(CCC=C(C)C)OC(C)=O.CC(C)(C)C1CCC(CC(=O)O)CC1. The Labute approximate surface area is 172 Å². The Balaban J connectivity index is 0.000000521. The van der Waals surface area contributed by atoms with Crippen molar-refractivity contribution in [1.29, 1.82) is 0 Å². The molecule has 1 aliphatic rings. The van der Waals surface area contributed by atoms with Crippen LogP contribution in [0.5, 0.6) is 0 Å². The van der Waals surface area contributed by atoms with Gasteiger partial charge in [-0.05, 0) is 82.6 Å². The molecule has 0 heterocycles. The summed E-state index contributed by atoms with van der Waals surface area (Å²) in [6.45, 7) is 17.9. The molecule has 1 fully saturated rings. The molecular weight excluding hydrogens is 352 g/mol. The van der Waals surface area contributed by atoms with Crippen molar-refractivity contribution in [2.45, 2.75) is 99.0 Å². The zero-order valence-corrected chi connectivity index (χ0v) is 19.1. The van der Waals surface area contributed by atoms with Gasteiger partial charge in [0.2, 0.25) is 0 Å². The van der Waals surface area contributed by atoms with Crippen molar-refractivity contribution in [3.05, 3.63) is 24.3 Å². The summed E-state index contributed by atoms with van der Waals surface area (Å²) < 4.78 is 5.18. The highest BCUT2D eigenvalue weighted by Gasteiger charge is 2.30. The first-order valence-corrected chi connectivity index (χ1v) is 10.5. The third kappa shape index (κ3) is 12.0. The molecule has 4 nitrogen and oxygen atoms in total. The van der Waals surface area contributed by atoms with E-state index in [1.165, 1.54) is 25.3 Å². The van der Waals surface area contributed by atoms with Crippen LogP contribution < -0.4 is 0 Å². The van der Waals surface area contributed by atoms with Crippen LogP contribution in [0.25, 0.3) is 0 Å². The molecule has 0 aromatic rings. The number of rotatable bonds is 7. The lowest BCUT2D eigenvalue weighted by molar-refractivity contribution is -0.151. The van der Waals surface area contributed by atoms with Gasteiger partial charge < -0.3 is 9.84 Å². The molecule has 1 aliphatic carbocycles. The van der Waals surface area contributed by atoms with Crippen molar-refractivity contribution in [2.75, 3.05) is 0 Å². The summed E-state index contributed by atoms with van der Waals surface area (Å²) >= 11 is 0. The molecule has 1 N–H and O–H groups in total. The van der Waals surface area contributed by atoms with Crippen molar-refractivity contribution in [1.82, 2.24) is 0 Å². The molecule has 0 bridgehead atoms. The van der Waals surface area contributed by atoms with Crippen molar-refractivity contribution in [3.8, 4) is 0 Å². The summed E-state index contributed by atoms with van der Waals surface area (Å²) in [6.07, 6.45) is 10.5. The van der Waals surface area contributed by atoms with Crippen molar-refractivity contribution >= 4 is 11.9 Å². The first-order valence-electron chi connectivity index (χ1n) is 10.5. The zero-order chi connectivity index (χ0) is 22.0. The minimum absolute atomic E-state index is 0.260. The second kappa shape index (κ2) is 12.1. The van der Waals surface area contributed by atoms with Crippen LogP contribution in [-0.4, -0.2) is 22.6 Å². The van der Waals surface area contributed by atoms with E-state index in [0.29, 0.717) is 17.8 Å². The van der Waals surface area contributed by atoms with Crippen LogP contribution in [0.1, 0.15) is 93.4 Å². The van der Waals surface area contributed by atoms with Gasteiger partial charge in [0.15, 0.2) is 0 Å². The Kier molecular flexibility index (Phi) is 11.4. The van der Waals surface area contributed by atoms with Crippen LogP contribution in [-0.2, 0) is 14.3 Å². The number of hydrogen-bond acceptors (Lipinski definition) is 3. The quantitative estimate of drug-likeness (QED) is 0.392. The predicted octanol–water partition coefficient (Wildman–Crippen LogP) is 6.55. The van der Waals surface area contributed by atoms with Gasteiger partial charge in [0, 0.05) is 13.3 Å². The third-order valence-corrected chi connectivity index (χ3v) is 5.54. The maximum atomic E-state index is 10.8. The molecule has 0 spiro atoms. The molecule has 28 heavy (non-hydrogen) atoms. The minimum Gasteiger partial charge on any atom is -0.481 e. The second-order valence-electron chi connectivity index (χ2n) is 9.61. The van der Waals surface area contributed by atoms with E-state index in [4.69, 9.17) is 9.84 Å². The molecule has 4 heteroatoms. The Hall–Kier alpha value is -1.58. The number of carboxylic acids is 1. The van der Waals surface area contributed by atoms with Crippen LogP contribution in [0.2, 0.25) is 0 Å². The average molecular weight is 395 g/mol. The molecule has 1 rings (SSSR count). The van der Waals surface area contributed by atoms with Crippen LogP contribution in [0, 0.1) is 17.3 Å². The van der Waals surface area contributed by atoms with E-state index in [-0.39, 0.29) is 5.97 Å². The number of hydrogen-bond donors (Lipinski definition) is 1. The van der Waals surface area contributed by atoms with E-state index in [1.54, 1.807) is 6.08 Å². The average Bonchev–Trinajstić information content (AvgIpc) is 2.53. The predicted molar refractivity (Wildman–Crippen MR) is 116 cm³/mol. The van der Waals surface area contributed by atoms with Crippen molar-refractivity contribution < 1.29 is 19.4 Å². The standard InChI is InChI=1S/C12H22O2.C12H20O2/c1-12(2,3)10-6-4-9(5-7-10)8-11(13)14;1-6-12(5,14-11(4)13)9-7-8-10(2)3/h9-10H,4-8H2,1-3H3,(H,13,14);6,8H,1,7,9H2,2-5H3. The largest absolute Gasteiger partial charge is 0.481 e. The van der Waals surface area contributed by atoms with Gasteiger partial charge in [0.25, 0.3) is 0 Å². The van der Waals surface area contributed by atoms with Crippen molar-refractivity contribution in [3.63, 3.8) is 0 Å². The third-order valence-electron chi connectivity index (χ3n) is 5.54. The van der Waals surface area contributed by atoms with Gasteiger partial charge in [-0.2, -0.15) is 0 Å². The van der Waals surface area contributed by atoms with Crippen LogP contribution in [0.4, 0.5) is 0 Å². The van der Waals surface area contributed by atoms with Gasteiger partial charge in [-0.25, -0.2) is 0 Å². The Morgan fingerprint density at radius 1 is 1.07 bits per heavy atom. The lowest BCUT2D eigenvalue weighted by atomic mass is 9.69. The second-order valence-corrected chi connectivity index (χ2v) is 9.61. The summed E-state index contributed by atoms with van der Waals surface area (Å²) in [5.74, 6) is 0.326. The highest BCUT2D eigenvalue weighted by Crippen LogP contribution is 2.40. The maximum Gasteiger partial charge on any atom is 0.303 e. The molecule has 0 amide bonds. The fourth-order valence-electron chi connectivity index (χ4n) is 3.65. The lowest BCUT2D eigenvalue weighted by Gasteiger charge is -2.36. The first-order chi connectivity index (χ1) is 12.8. The van der Waals surface area contributed by atoms with Gasteiger partial charge in [0.05, 0.1) is 0 Å². The summed E-state index contributed by atoms with van der Waals surface area (Å²) in [6, 6.07) is 0. The number of carbonyl (C=O) groups is 2. The number of ether oxygens (including phenoxy) is 1. The van der Waals surface area contributed by atoms with Crippen LogP contribution in [0.3, 0.4) is 0 Å². The molecule has 1 saturated carbocycles. The molecular formula is C24H42O4. The van der Waals surface area contributed by atoms with Crippen molar-refractivity contribution in [2.24, 2.45) is 17.3 Å². The highest BCUT2D eigenvalue weighted by atomic mass is 16.6. The van der Waals surface area contributed by atoms with Gasteiger partial charge in [0.1, 0.15) is 5.60 Å². The number of allylic oxidation sites excluding steroid dienone is 2. The molecule has 0 aromatic heterocycles. The first kappa shape index (κ1) is 26.4. The number of aliphatic carboxylic acids is 1. The smallest absolute Gasteiger partial charge is 0.303 e. The van der Waals surface area contributed by atoms with Crippen LogP contribution >= 0.6 is 0 Å². The van der Waals surface area contributed by atoms with E-state index in [9.17, 15) is 9.59 Å². The molecule has 0 radical (unpaired) electrons. The topological polar surface area (TPSA) is 63.6 Å². The summed E-state index contributed by atoms with van der Waals surface area (Å²) in [4.78, 5) is 21.4. The normalized spacial score (nSPS) is 21.4. The Bertz CT molecular complexity index is 529. The Morgan fingerprint density at radius 2 is 1.61 bits per heavy atom. The van der Waals surface area contributed by atoms with Crippen LogP contribution in [0.15, 0.2) is 24.3 Å². The summed E-state index contributed by atoms with van der Waals surface area (Å²) in [7, 11) is 0. The summed E-state index contributed by atoms with van der Waals surface area (Å²) in [5.41, 5.74) is 1.14. The van der Waals surface area contributed by atoms with E-state index in [0.717, 1.165) is 31.6 Å². The zero-order valence-electron chi connectivity index (χ0n) is 19.1. The highest BCUT2D eigenvalue weighted by molar-refractivity contribution is 5.67. The maximum absolute atomic E-state index is 10.8. The van der Waals surface area contributed by atoms with E-state index in [1.807, 2.05) is 6.92 Å². The molecule has 0 saturated heterocycles. The molecule has 0 aliphatic heterocycles. The minimum atomic E-state index is -0.635. The van der Waals surface area contributed by atoms with E-state index >= 15 is 0 Å². The number of esters is 1. The van der Waals surface area contributed by atoms with E-state index in [2.05, 4.69) is 47.3 Å². The van der Waals surface area contributed by atoms with E-state index < -0.39 is 11.6 Å². The fraction of sp³-hybridized carbons (Fsp3) is 0.750. The van der Waals surface area contributed by atoms with Gasteiger partial charge >= 0.3 is 11.9 Å². The number of carbonyl (C=O) groups excluding carboxylic acids is 1. The molecule has 1 atom stereocenters. The lowest BCUT2D eigenvalue weighted by Crippen LogP contribution is -2.27. The monoisotopic (exact) mass is 394 g/mol. The van der Waals surface area contributed by atoms with Gasteiger partial charge in [-0.3, -0.25) is 9.59 Å². The fourth-order valence-corrected chi connectivity index (χ4v) is 3.65. The molecule has 162 valence electrons.